The highest BCUT2D eigenvalue weighted by molar-refractivity contribution is 6.12. The zero-order chi connectivity index (χ0) is 20.5. The first-order chi connectivity index (χ1) is 14.0. The average molecular weight is 389 g/mol. The molecule has 0 spiro atoms. The summed E-state index contributed by atoms with van der Waals surface area (Å²) in [5.74, 6) is 0.325. The van der Waals surface area contributed by atoms with E-state index in [4.69, 9.17) is 4.74 Å². The van der Waals surface area contributed by atoms with E-state index in [1.54, 1.807) is 55.3 Å². The molecule has 1 aliphatic heterocycles. The number of amides is 1. The number of hydrogen-bond acceptors (Lipinski definition) is 5. The monoisotopic (exact) mass is 389 g/mol. The van der Waals surface area contributed by atoms with Gasteiger partial charge < -0.3 is 10.1 Å². The van der Waals surface area contributed by atoms with Crippen LogP contribution in [0.1, 0.15) is 27.7 Å². The van der Waals surface area contributed by atoms with Crippen LogP contribution < -0.4 is 15.0 Å². The lowest BCUT2D eigenvalue weighted by Crippen LogP contribution is -2.43. The summed E-state index contributed by atoms with van der Waals surface area (Å²) in [6, 6.07) is 19.4. The minimum Gasteiger partial charge on any atom is -0.495 e. The Morgan fingerprint density at radius 1 is 1.07 bits per heavy atom. The van der Waals surface area contributed by atoms with Crippen LogP contribution in [0.25, 0.3) is 0 Å². The number of nitrogens with zero attached hydrogens (tertiary/aromatic N) is 2. The molecule has 1 aliphatic rings. The van der Waals surface area contributed by atoms with Crippen LogP contribution in [0.15, 0.2) is 66.7 Å². The van der Waals surface area contributed by atoms with Crippen molar-refractivity contribution in [3.8, 4) is 5.75 Å². The molecule has 0 radical (unpaired) electrons. The van der Waals surface area contributed by atoms with Gasteiger partial charge in [-0.15, -0.1) is 0 Å². The fourth-order valence-corrected chi connectivity index (χ4v) is 3.56. The number of anilines is 2. The van der Waals surface area contributed by atoms with Gasteiger partial charge in [0.05, 0.1) is 23.3 Å². The molecular formula is C22H19N3O4. The number of nitro benzene ring substituents is 1. The van der Waals surface area contributed by atoms with Crippen molar-refractivity contribution in [2.75, 3.05) is 17.3 Å². The Bertz CT molecular complexity index is 1110. The van der Waals surface area contributed by atoms with Crippen LogP contribution in [0.3, 0.4) is 0 Å². The van der Waals surface area contributed by atoms with Crippen LogP contribution in [0, 0.1) is 17.0 Å². The number of methoxy groups -OCH3 is 1. The first-order valence-corrected chi connectivity index (χ1v) is 9.08. The molecule has 0 unspecified atom stereocenters. The second kappa shape index (κ2) is 7.27. The van der Waals surface area contributed by atoms with Crippen molar-refractivity contribution >= 4 is 23.0 Å². The standard InChI is InChI=1S/C22H19N3O4/c1-14-11-12-15(13-19(14)25(27)28)21-23-17-8-4-3-7-16(17)22(26)24(21)18-9-5-6-10-20(18)29-2/h3-13,21,23H,1-2H3/t21-/m0/s1. The number of nitro groups is 1. The number of aryl methyl sites for hydroxylation is 1. The van der Waals surface area contributed by atoms with Crippen molar-refractivity contribution in [1.82, 2.24) is 0 Å². The molecule has 1 heterocycles. The Kier molecular flexibility index (Phi) is 4.64. The summed E-state index contributed by atoms with van der Waals surface area (Å²) in [5.41, 5.74) is 2.96. The Hall–Kier alpha value is -3.87. The summed E-state index contributed by atoms with van der Waals surface area (Å²) >= 11 is 0. The number of ether oxygens (including phenoxy) is 1. The molecule has 0 saturated heterocycles. The molecular weight excluding hydrogens is 370 g/mol. The minimum absolute atomic E-state index is 0.00980. The van der Waals surface area contributed by atoms with Gasteiger partial charge in [-0.05, 0) is 31.2 Å². The van der Waals surface area contributed by atoms with Gasteiger partial charge in [0.15, 0.2) is 0 Å². The molecule has 146 valence electrons. The third-order valence-corrected chi connectivity index (χ3v) is 5.02. The van der Waals surface area contributed by atoms with Gasteiger partial charge >= 0.3 is 0 Å². The van der Waals surface area contributed by atoms with E-state index in [1.807, 2.05) is 24.3 Å². The zero-order valence-corrected chi connectivity index (χ0v) is 16.0. The Labute approximate surface area is 167 Å². The lowest BCUT2D eigenvalue weighted by atomic mass is 10.0. The van der Waals surface area contributed by atoms with Crippen molar-refractivity contribution in [3.05, 3.63) is 93.5 Å². The highest BCUT2D eigenvalue weighted by atomic mass is 16.6. The number of hydrogen-bond donors (Lipinski definition) is 1. The largest absolute Gasteiger partial charge is 0.495 e. The Balaban J connectivity index is 1.91. The van der Waals surface area contributed by atoms with E-state index in [9.17, 15) is 14.9 Å². The van der Waals surface area contributed by atoms with E-state index in [2.05, 4.69) is 5.32 Å². The summed E-state index contributed by atoms with van der Waals surface area (Å²) in [6.07, 6.45) is -0.631. The zero-order valence-electron chi connectivity index (χ0n) is 16.0. The van der Waals surface area contributed by atoms with Crippen molar-refractivity contribution in [2.24, 2.45) is 0 Å². The molecule has 3 aromatic carbocycles. The molecule has 0 aliphatic carbocycles. The third-order valence-electron chi connectivity index (χ3n) is 5.02. The SMILES string of the molecule is COc1ccccc1N1C(=O)c2ccccc2N[C@@H]1c1ccc(C)c([N+](=O)[O-])c1. The van der Waals surface area contributed by atoms with Crippen molar-refractivity contribution in [2.45, 2.75) is 13.1 Å². The van der Waals surface area contributed by atoms with E-state index in [0.29, 0.717) is 33.8 Å². The molecule has 0 bridgehead atoms. The van der Waals surface area contributed by atoms with E-state index in [1.165, 1.54) is 6.07 Å². The molecule has 7 nitrogen and oxygen atoms in total. The van der Waals surface area contributed by atoms with E-state index in [0.717, 1.165) is 0 Å². The van der Waals surface area contributed by atoms with E-state index in [-0.39, 0.29) is 11.6 Å². The van der Waals surface area contributed by atoms with Gasteiger partial charge in [0.1, 0.15) is 11.9 Å². The average Bonchev–Trinajstić information content (AvgIpc) is 2.74. The fourth-order valence-electron chi connectivity index (χ4n) is 3.56. The highest BCUT2D eigenvalue weighted by Crippen LogP contribution is 2.41. The van der Waals surface area contributed by atoms with Gasteiger partial charge in [-0.1, -0.05) is 36.4 Å². The number of benzene rings is 3. The topological polar surface area (TPSA) is 84.7 Å². The molecule has 29 heavy (non-hydrogen) atoms. The first-order valence-electron chi connectivity index (χ1n) is 9.08. The van der Waals surface area contributed by atoms with Crippen LogP contribution in [-0.2, 0) is 0 Å². The number of carbonyl (C=O) groups is 1. The summed E-state index contributed by atoms with van der Waals surface area (Å²) in [4.78, 5) is 26.1. The van der Waals surface area contributed by atoms with Crippen LogP contribution in [0.4, 0.5) is 17.1 Å². The first kappa shape index (κ1) is 18.5. The van der Waals surface area contributed by atoms with Crippen LogP contribution in [-0.4, -0.2) is 17.9 Å². The van der Waals surface area contributed by atoms with Crippen molar-refractivity contribution in [1.29, 1.82) is 0 Å². The number of nitrogens with one attached hydrogen (secondary N) is 1. The summed E-state index contributed by atoms with van der Waals surface area (Å²) in [7, 11) is 1.54. The molecule has 1 amide bonds. The normalized spacial score (nSPS) is 15.4. The summed E-state index contributed by atoms with van der Waals surface area (Å²) in [6.45, 7) is 1.69. The van der Waals surface area contributed by atoms with E-state index >= 15 is 0 Å². The predicted molar refractivity (Wildman–Crippen MR) is 110 cm³/mol. The van der Waals surface area contributed by atoms with Gasteiger partial charge in [-0.25, -0.2) is 0 Å². The number of fused-ring (bicyclic) bond motifs is 1. The maximum absolute atomic E-state index is 13.5. The molecule has 0 saturated carbocycles. The third kappa shape index (κ3) is 3.16. The van der Waals surface area contributed by atoms with E-state index < -0.39 is 11.1 Å². The molecule has 3 aromatic rings. The van der Waals surface area contributed by atoms with Crippen LogP contribution in [0.5, 0.6) is 5.75 Å². The molecule has 7 heteroatoms. The van der Waals surface area contributed by atoms with Crippen LogP contribution in [0.2, 0.25) is 0 Å². The second-order valence-corrected chi connectivity index (χ2v) is 6.74. The maximum atomic E-state index is 13.5. The lowest BCUT2D eigenvalue weighted by molar-refractivity contribution is -0.385. The van der Waals surface area contributed by atoms with Crippen LogP contribution >= 0.6 is 0 Å². The Morgan fingerprint density at radius 3 is 2.55 bits per heavy atom. The number of rotatable bonds is 4. The van der Waals surface area contributed by atoms with Gasteiger partial charge in [0.2, 0.25) is 0 Å². The number of para-hydroxylation sites is 3. The summed E-state index contributed by atoms with van der Waals surface area (Å²) < 4.78 is 5.47. The van der Waals surface area contributed by atoms with Gasteiger partial charge in [-0.2, -0.15) is 0 Å². The smallest absolute Gasteiger partial charge is 0.272 e. The van der Waals surface area contributed by atoms with Gasteiger partial charge in [-0.3, -0.25) is 19.8 Å². The lowest BCUT2D eigenvalue weighted by Gasteiger charge is -2.38. The van der Waals surface area contributed by atoms with Gasteiger partial charge in [0, 0.05) is 22.9 Å². The summed E-state index contributed by atoms with van der Waals surface area (Å²) in [5, 5.41) is 14.8. The minimum atomic E-state index is -0.631. The molecule has 0 fully saturated rings. The van der Waals surface area contributed by atoms with Gasteiger partial charge in [0.25, 0.3) is 11.6 Å². The Morgan fingerprint density at radius 2 is 1.79 bits per heavy atom. The molecule has 0 aromatic heterocycles. The molecule has 4 rings (SSSR count). The predicted octanol–water partition coefficient (Wildman–Crippen LogP) is 4.68. The quantitative estimate of drug-likeness (QED) is 0.517. The maximum Gasteiger partial charge on any atom is 0.272 e. The van der Waals surface area contributed by atoms with Crippen molar-refractivity contribution < 1.29 is 14.5 Å². The fraction of sp³-hybridized carbons (Fsp3) is 0.136. The second-order valence-electron chi connectivity index (χ2n) is 6.74. The van der Waals surface area contributed by atoms with Crippen molar-refractivity contribution in [3.63, 3.8) is 0 Å². The highest BCUT2D eigenvalue weighted by Gasteiger charge is 2.36. The molecule has 1 atom stereocenters. The number of carbonyl (C=O) groups excluding carboxylic acids is 1. The molecule has 1 N–H and O–H groups in total.